The molecule has 0 unspecified atom stereocenters. The first-order valence-corrected chi connectivity index (χ1v) is 2.15. The van der Waals surface area contributed by atoms with E-state index in [0.717, 1.165) is 0 Å². The van der Waals surface area contributed by atoms with Gasteiger partial charge in [-0.15, -0.1) is 10.2 Å². The molecule has 0 fully saturated rings. The number of hydrogen-bond donors (Lipinski definition) is 3. The molecular formula is C3H4N4O2. The molecule has 1 rings (SSSR count). The van der Waals surface area contributed by atoms with Crippen LogP contribution >= 0.6 is 0 Å². The first kappa shape index (κ1) is 5.54. The summed E-state index contributed by atoms with van der Waals surface area (Å²) in [7, 11) is 0. The largest absolute Gasteiger partial charge is 0.475 e. The summed E-state index contributed by atoms with van der Waals surface area (Å²) in [4.78, 5) is 10.0. The fourth-order valence-corrected chi connectivity index (χ4v) is 0.337. The van der Waals surface area contributed by atoms with Gasteiger partial charge >= 0.3 is 5.97 Å². The van der Waals surface area contributed by atoms with E-state index >= 15 is 0 Å². The van der Waals surface area contributed by atoms with Crippen molar-refractivity contribution in [3.8, 4) is 0 Å². The Kier molecular flexibility index (Phi) is 1.31. The first-order valence-electron chi connectivity index (χ1n) is 2.15. The molecular weight excluding hydrogens is 124 g/mol. The summed E-state index contributed by atoms with van der Waals surface area (Å²) in [6.07, 6.45) is 1.24. The van der Waals surface area contributed by atoms with E-state index in [1.54, 1.807) is 0 Å². The van der Waals surface area contributed by atoms with E-state index in [1.165, 1.54) is 6.34 Å². The summed E-state index contributed by atoms with van der Waals surface area (Å²) in [5.41, 5.74) is 4.63. The maximum Gasteiger partial charge on any atom is 0.375 e. The second kappa shape index (κ2) is 2.12. The van der Waals surface area contributed by atoms with Crippen LogP contribution in [0.3, 0.4) is 0 Å². The fraction of sp³-hybridized carbons (Fsp3) is 0. The van der Waals surface area contributed by atoms with Crippen molar-refractivity contribution < 1.29 is 9.90 Å². The number of hydrazine groups is 1. The molecule has 0 atom stereocenters. The topological polar surface area (TPSA) is 86.1 Å². The summed E-state index contributed by atoms with van der Waals surface area (Å²) >= 11 is 0. The molecule has 48 valence electrons. The van der Waals surface area contributed by atoms with Crippen LogP contribution in [0.15, 0.2) is 10.2 Å². The van der Waals surface area contributed by atoms with Crippen molar-refractivity contribution in [3.05, 3.63) is 0 Å². The van der Waals surface area contributed by atoms with Crippen molar-refractivity contribution >= 4 is 18.1 Å². The molecule has 9 heavy (non-hydrogen) atoms. The average Bonchev–Trinajstić information content (AvgIpc) is 1.90. The smallest absolute Gasteiger partial charge is 0.375 e. The van der Waals surface area contributed by atoms with Crippen LogP contribution in [-0.4, -0.2) is 23.2 Å². The molecule has 1 aliphatic heterocycles. The maximum absolute atomic E-state index is 10.0. The van der Waals surface area contributed by atoms with Gasteiger partial charge in [0, 0.05) is 0 Å². The Labute approximate surface area is 50.2 Å². The van der Waals surface area contributed by atoms with Gasteiger partial charge in [-0.3, -0.25) is 10.9 Å². The van der Waals surface area contributed by atoms with E-state index in [1.807, 2.05) is 0 Å². The van der Waals surface area contributed by atoms with Crippen LogP contribution in [-0.2, 0) is 4.79 Å². The lowest BCUT2D eigenvalue weighted by molar-refractivity contribution is -0.129. The summed E-state index contributed by atoms with van der Waals surface area (Å²) in [5, 5.41) is 14.8. The van der Waals surface area contributed by atoms with Crippen LogP contribution in [0.2, 0.25) is 0 Å². The zero-order chi connectivity index (χ0) is 6.69. The second-order valence-corrected chi connectivity index (χ2v) is 1.27. The summed E-state index contributed by atoms with van der Waals surface area (Å²) < 4.78 is 0. The molecule has 1 aliphatic rings. The Hall–Kier alpha value is -1.59. The third-order valence-electron chi connectivity index (χ3n) is 0.673. The third kappa shape index (κ3) is 1.15. The zero-order valence-electron chi connectivity index (χ0n) is 4.33. The minimum absolute atomic E-state index is 0.211. The summed E-state index contributed by atoms with van der Waals surface area (Å²) in [6.45, 7) is 0. The summed E-state index contributed by atoms with van der Waals surface area (Å²) in [6, 6.07) is 0. The highest BCUT2D eigenvalue weighted by molar-refractivity contribution is 6.34. The predicted molar refractivity (Wildman–Crippen MR) is 29.8 cm³/mol. The number of nitrogens with zero attached hydrogens (tertiary/aromatic N) is 2. The van der Waals surface area contributed by atoms with Crippen LogP contribution in [0.25, 0.3) is 0 Å². The molecule has 0 spiro atoms. The van der Waals surface area contributed by atoms with Crippen molar-refractivity contribution in [1.82, 2.24) is 10.9 Å². The lowest BCUT2D eigenvalue weighted by Crippen LogP contribution is -2.42. The van der Waals surface area contributed by atoms with Crippen LogP contribution in [0.5, 0.6) is 0 Å². The highest BCUT2D eigenvalue weighted by Gasteiger charge is 2.08. The summed E-state index contributed by atoms with van der Waals surface area (Å²) in [5.74, 6) is -1.35. The number of carboxylic acid groups (broad SMARTS) is 1. The molecule has 0 saturated heterocycles. The second-order valence-electron chi connectivity index (χ2n) is 1.27. The standard InChI is InChI=1S/C3H4N4O2/c8-3(9)2-6-4-1-5-7-2/h1H,(H,4,5)(H,6,7)(H,8,9). The van der Waals surface area contributed by atoms with Crippen molar-refractivity contribution in [3.63, 3.8) is 0 Å². The molecule has 0 aromatic heterocycles. The predicted octanol–water partition coefficient (Wildman–Crippen LogP) is -1.48. The molecule has 0 aromatic carbocycles. The van der Waals surface area contributed by atoms with Crippen molar-refractivity contribution in [2.75, 3.05) is 0 Å². The van der Waals surface area contributed by atoms with Crippen LogP contribution in [0, 0.1) is 0 Å². The van der Waals surface area contributed by atoms with Gasteiger partial charge in [0.05, 0.1) is 0 Å². The molecule has 0 radical (unpaired) electrons. The molecule has 6 nitrogen and oxygen atoms in total. The van der Waals surface area contributed by atoms with E-state index in [2.05, 4.69) is 21.1 Å². The zero-order valence-corrected chi connectivity index (χ0v) is 4.33. The van der Waals surface area contributed by atoms with Crippen molar-refractivity contribution in [2.24, 2.45) is 10.2 Å². The van der Waals surface area contributed by atoms with E-state index in [0.29, 0.717) is 0 Å². The molecule has 0 amide bonds. The maximum atomic E-state index is 10.0. The SMILES string of the molecule is O=C(O)C1=NN=CNN1. The van der Waals surface area contributed by atoms with Gasteiger partial charge in [-0.25, -0.2) is 4.79 Å². The van der Waals surface area contributed by atoms with Gasteiger partial charge in [-0.05, 0) is 0 Å². The van der Waals surface area contributed by atoms with Gasteiger partial charge in [0.1, 0.15) is 6.34 Å². The lowest BCUT2D eigenvalue weighted by Gasteiger charge is -2.04. The lowest BCUT2D eigenvalue weighted by atomic mass is 10.6. The number of aliphatic carboxylic acids is 1. The Morgan fingerprint density at radius 3 is 2.89 bits per heavy atom. The van der Waals surface area contributed by atoms with Crippen LogP contribution < -0.4 is 10.9 Å². The Morgan fingerprint density at radius 2 is 2.56 bits per heavy atom. The normalized spacial score (nSPS) is 15.3. The monoisotopic (exact) mass is 128 g/mol. The van der Waals surface area contributed by atoms with Gasteiger partial charge in [-0.2, -0.15) is 0 Å². The molecule has 1 heterocycles. The number of carboxylic acids is 1. The van der Waals surface area contributed by atoms with Gasteiger partial charge in [-0.1, -0.05) is 0 Å². The van der Waals surface area contributed by atoms with Gasteiger partial charge in [0.15, 0.2) is 0 Å². The highest BCUT2D eigenvalue weighted by Crippen LogP contribution is 1.77. The third-order valence-corrected chi connectivity index (χ3v) is 0.673. The average molecular weight is 128 g/mol. The molecule has 0 aromatic rings. The number of hydrogen-bond acceptors (Lipinski definition) is 5. The van der Waals surface area contributed by atoms with Crippen molar-refractivity contribution in [2.45, 2.75) is 0 Å². The van der Waals surface area contributed by atoms with Gasteiger partial charge in [0.25, 0.3) is 5.84 Å². The Bertz CT molecular complexity index is 184. The Balaban J connectivity index is 2.68. The van der Waals surface area contributed by atoms with Crippen LogP contribution in [0.4, 0.5) is 0 Å². The molecule has 0 bridgehead atoms. The quantitative estimate of drug-likeness (QED) is 0.402. The Morgan fingerprint density at radius 1 is 1.78 bits per heavy atom. The van der Waals surface area contributed by atoms with Crippen LogP contribution in [0.1, 0.15) is 0 Å². The minimum Gasteiger partial charge on any atom is -0.475 e. The van der Waals surface area contributed by atoms with Gasteiger partial charge < -0.3 is 5.11 Å². The van der Waals surface area contributed by atoms with Gasteiger partial charge in [0.2, 0.25) is 0 Å². The number of carbonyl (C=O) groups is 1. The first-order chi connectivity index (χ1) is 4.30. The van der Waals surface area contributed by atoms with Crippen molar-refractivity contribution in [1.29, 1.82) is 0 Å². The number of nitrogens with one attached hydrogen (secondary N) is 2. The minimum atomic E-state index is -1.14. The van der Waals surface area contributed by atoms with E-state index in [4.69, 9.17) is 5.11 Å². The number of amidine groups is 1. The fourth-order valence-electron chi connectivity index (χ4n) is 0.337. The van der Waals surface area contributed by atoms with E-state index in [-0.39, 0.29) is 5.84 Å². The number of rotatable bonds is 1. The molecule has 0 aliphatic carbocycles. The van der Waals surface area contributed by atoms with E-state index < -0.39 is 5.97 Å². The van der Waals surface area contributed by atoms with E-state index in [9.17, 15) is 4.79 Å². The molecule has 0 saturated carbocycles. The molecule has 6 heteroatoms. The molecule has 3 N–H and O–H groups in total. The highest BCUT2D eigenvalue weighted by atomic mass is 16.4.